The highest BCUT2D eigenvalue weighted by molar-refractivity contribution is 7.99. The molecule has 0 spiro atoms. The molecule has 0 saturated heterocycles. The van der Waals surface area contributed by atoms with E-state index in [1.54, 1.807) is 11.8 Å². The lowest BCUT2D eigenvalue weighted by Crippen LogP contribution is -2.25. The van der Waals surface area contributed by atoms with Gasteiger partial charge in [-0.05, 0) is 44.6 Å². The van der Waals surface area contributed by atoms with E-state index in [0.29, 0.717) is 5.75 Å². The van der Waals surface area contributed by atoms with Crippen molar-refractivity contribution in [2.24, 2.45) is 0 Å². The highest BCUT2D eigenvalue weighted by Gasteiger charge is 2.15. The lowest BCUT2D eigenvalue weighted by molar-refractivity contribution is -0.151. The molecule has 0 atom stereocenters. The smallest absolute Gasteiger partial charge is 0.316 e. The predicted octanol–water partition coefficient (Wildman–Crippen LogP) is 2.89. The second-order valence-electron chi connectivity index (χ2n) is 5.09. The Labute approximate surface area is 113 Å². The van der Waals surface area contributed by atoms with E-state index < -0.39 is 5.60 Å². The van der Waals surface area contributed by atoms with E-state index in [-0.39, 0.29) is 5.97 Å². The first kappa shape index (κ1) is 14.9. The number of nitrogen functional groups attached to an aromatic ring is 1. The van der Waals surface area contributed by atoms with Crippen LogP contribution in [0.2, 0.25) is 0 Å². The zero-order chi connectivity index (χ0) is 13.6. The topological polar surface area (TPSA) is 52.3 Å². The van der Waals surface area contributed by atoms with Gasteiger partial charge in [-0.1, -0.05) is 18.2 Å². The number of nitrogens with two attached hydrogens (primary N) is 1. The molecule has 0 unspecified atom stereocenters. The number of aryl methyl sites for hydroxylation is 1. The number of rotatable bonds is 5. The predicted molar refractivity (Wildman–Crippen MR) is 77.7 cm³/mol. The second-order valence-corrected chi connectivity index (χ2v) is 6.19. The first-order valence-electron chi connectivity index (χ1n) is 6.01. The van der Waals surface area contributed by atoms with Crippen molar-refractivity contribution in [1.82, 2.24) is 0 Å². The lowest BCUT2D eigenvalue weighted by Gasteiger charge is -2.19. The summed E-state index contributed by atoms with van der Waals surface area (Å²) in [5, 5.41) is 0. The molecule has 2 N–H and O–H groups in total. The SMILES string of the molecule is CC(C)(C)OC(=O)CSCCc1ccccc1N. The molecule has 0 saturated carbocycles. The molecule has 0 aliphatic rings. The maximum Gasteiger partial charge on any atom is 0.316 e. The van der Waals surface area contributed by atoms with E-state index in [4.69, 9.17) is 10.5 Å². The lowest BCUT2D eigenvalue weighted by atomic mass is 10.1. The average molecular weight is 267 g/mol. The van der Waals surface area contributed by atoms with E-state index >= 15 is 0 Å². The Balaban J connectivity index is 2.23. The number of hydrogen-bond donors (Lipinski definition) is 1. The standard InChI is InChI=1S/C14H21NO2S/c1-14(2,3)17-13(16)10-18-9-8-11-6-4-5-7-12(11)15/h4-7H,8-10,15H2,1-3H3. The van der Waals surface area contributed by atoms with Gasteiger partial charge in [-0.25, -0.2) is 0 Å². The summed E-state index contributed by atoms with van der Waals surface area (Å²) in [6.07, 6.45) is 0.875. The van der Waals surface area contributed by atoms with Gasteiger partial charge >= 0.3 is 5.97 Å². The number of esters is 1. The monoisotopic (exact) mass is 267 g/mol. The van der Waals surface area contributed by atoms with Crippen molar-refractivity contribution in [2.75, 3.05) is 17.2 Å². The van der Waals surface area contributed by atoms with E-state index in [1.807, 2.05) is 45.0 Å². The van der Waals surface area contributed by atoms with Crippen LogP contribution in [0.15, 0.2) is 24.3 Å². The van der Waals surface area contributed by atoms with E-state index in [1.165, 1.54) is 0 Å². The molecule has 1 rings (SSSR count). The summed E-state index contributed by atoms with van der Waals surface area (Å²) in [5.41, 5.74) is 7.39. The third-order valence-corrected chi connectivity index (χ3v) is 3.14. The Morgan fingerprint density at radius 2 is 2.00 bits per heavy atom. The van der Waals surface area contributed by atoms with Gasteiger partial charge in [0.1, 0.15) is 5.60 Å². The Bertz CT molecular complexity index is 399. The molecule has 0 radical (unpaired) electrons. The minimum atomic E-state index is -0.401. The number of hydrogen-bond acceptors (Lipinski definition) is 4. The molecule has 0 aromatic heterocycles. The summed E-state index contributed by atoms with van der Waals surface area (Å²) in [4.78, 5) is 11.5. The number of anilines is 1. The molecule has 100 valence electrons. The molecule has 3 nitrogen and oxygen atoms in total. The van der Waals surface area contributed by atoms with Gasteiger partial charge in [0.05, 0.1) is 5.75 Å². The second kappa shape index (κ2) is 6.69. The molecule has 0 aliphatic carbocycles. The van der Waals surface area contributed by atoms with Crippen LogP contribution in [-0.4, -0.2) is 23.1 Å². The number of para-hydroxylation sites is 1. The third-order valence-electron chi connectivity index (χ3n) is 2.21. The molecule has 0 amide bonds. The largest absolute Gasteiger partial charge is 0.459 e. The van der Waals surface area contributed by atoms with Crippen LogP contribution < -0.4 is 5.73 Å². The van der Waals surface area contributed by atoms with Gasteiger partial charge in [0.2, 0.25) is 0 Å². The summed E-state index contributed by atoms with van der Waals surface area (Å²) in [6.45, 7) is 5.63. The van der Waals surface area contributed by atoms with Crippen molar-refractivity contribution >= 4 is 23.4 Å². The minimum absolute atomic E-state index is 0.159. The fourth-order valence-corrected chi connectivity index (χ4v) is 2.20. The van der Waals surface area contributed by atoms with Crippen LogP contribution in [0.5, 0.6) is 0 Å². The van der Waals surface area contributed by atoms with Crippen LogP contribution in [0.25, 0.3) is 0 Å². The summed E-state index contributed by atoms with van der Waals surface area (Å²) in [5.74, 6) is 1.10. The first-order chi connectivity index (χ1) is 8.38. The summed E-state index contributed by atoms with van der Waals surface area (Å²) in [6, 6.07) is 7.81. The summed E-state index contributed by atoms with van der Waals surface area (Å²) in [7, 11) is 0. The average Bonchev–Trinajstić information content (AvgIpc) is 2.24. The zero-order valence-electron chi connectivity index (χ0n) is 11.2. The Morgan fingerprint density at radius 1 is 1.33 bits per heavy atom. The van der Waals surface area contributed by atoms with Crippen molar-refractivity contribution in [3.63, 3.8) is 0 Å². The molecule has 18 heavy (non-hydrogen) atoms. The van der Waals surface area contributed by atoms with Crippen molar-refractivity contribution in [1.29, 1.82) is 0 Å². The third kappa shape index (κ3) is 5.96. The van der Waals surface area contributed by atoms with E-state index in [2.05, 4.69) is 0 Å². The van der Waals surface area contributed by atoms with E-state index in [0.717, 1.165) is 23.4 Å². The van der Waals surface area contributed by atoms with Crippen molar-refractivity contribution < 1.29 is 9.53 Å². The fourth-order valence-electron chi connectivity index (χ4n) is 1.47. The van der Waals surface area contributed by atoms with Gasteiger partial charge in [-0.15, -0.1) is 11.8 Å². The Morgan fingerprint density at radius 3 is 2.61 bits per heavy atom. The summed E-state index contributed by atoms with van der Waals surface area (Å²) < 4.78 is 5.23. The number of carbonyl (C=O) groups excluding carboxylic acids is 1. The highest BCUT2D eigenvalue weighted by Crippen LogP contribution is 2.15. The van der Waals surface area contributed by atoms with Crippen molar-refractivity contribution in [3.05, 3.63) is 29.8 Å². The number of ether oxygens (including phenoxy) is 1. The van der Waals surface area contributed by atoms with Crippen LogP contribution in [-0.2, 0) is 16.0 Å². The van der Waals surface area contributed by atoms with Crippen LogP contribution in [0.1, 0.15) is 26.3 Å². The fraction of sp³-hybridized carbons (Fsp3) is 0.500. The first-order valence-corrected chi connectivity index (χ1v) is 7.17. The van der Waals surface area contributed by atoms with Crippen LogP contribution in [0, 0.1) is 0 Å². The van der Waals surface area contributed by atoms with Gasteiger partial charge in [0.15, 0.2) is 0 Å². The van der Waals surface area contributed by atoms with Crippen molar-refractivity contribution in [3.8, 4) is 0 Å². The maximum atomic E-state index is 11.5. The van der Waals surface area contributed by atoms with Gasteiger partial charge in [0.25, 0.3) is 0 Å². The molecule has 0 bridgehead atoms. The molecule has 0 heterocycles. The molecule has 0 fully saturated rings. The quantitative estimate of drug-likeness (QED) is 0.506. The van der Waals surface area contributed by atoms with Gasteiger partial charge in [-0.2, -0.15) is 0 Å². The Hall–Kier alpha value is -1.16. The molecule has 4 heteroatoms. The number of benzene rings is 1. The van der Waals surface area contributed by atoms with E-state index in [9.17, 15) is 4.79 Å². The molecular weight excluding hydrogens is 246 g/mol. The van der Waals surface area contributed by atoms with Crippen LogP contribution >= 0.6 is 11.8 Å². The normalized spacial score (nSPS) is 11.3. The zero-order valence-corrected chi connectivity index (χ0v) is 12.0. The Kier molecular flexibility index (Phi) is 5.54. The van der Waals surface area contributed by atoms with Crippen LogP contribution in [0.3, 0.4) is 0 Å². The minimum Gasteiger partial charge on any atom is -0.459 e. The number of carbonyl (C=O) groups is 1. The van der Waals surface area contributed by atoms with Crippen molar-refractivity contribution in [2.45, 2.75) is 32.8 Å². The molecule has 1 aromatic rings. The maximum absolute atomic E-state index is 11.5. The van der Waals surface area contributed by atoms with Crippen LogP contribution in [0.4, 0.5) is 5.69 Å². The van der Waals surface area contributed by atoms with Gasteiger partial charge in [-0.3, -0.25) is 4.79 Å². The summed E-state index contributed by atoms with van der Waals surface area (Å²) >= 11 is 1.58. The van der Waals surface area contributed by atoms with Gasteiger partial charge < -0.3 is 10.5 Å². The van der Waals surface area contributed by atoms with Gasteiger partial charge in [0, 0.05) is 5.69 Å². The molecule has 0 aliphatic heterocycles. The number of thioether (sulfide) groups is 1. The molecule has 1 aromatic carbocycles. The molecular formula is C14H21NO2S. The highest BCUT2D eigenvalue weighted by atomic mass is 32.2.